The van der Waals surface area contributed by atoms with Crippen LogP contribution in [-0.4, -0.2) is 37.0 Å². The number of aromatic amines is 1. The van der Waals surface area contributed by atoms with Crippen LogP contribution in [0.25, 0.3) is 33.1 Å². The number of aliphatic carboxylic acids is 1. The minimum absolute atomic E-state index is 0.275. The van der Waals surface area contributed by atoms with Gasteiger partial charge in [-0.25, -0.2) is 9.78 Å². The van der Waals surface area contributed by atoms with E-state index in [1.807, 2.05) is 61.1 Å². The molecule has 11 heteroatoms. The number of rotatable bonds is 4. The van der Waals surface area contributed by atoms with Crippen LogP contribution in [0.3, 0.4) is 0 Å². The molecule has 4 aromatic heterocycles. The van der Waals surface area contributed by atoms with Gasteiger partial charge in [-0.1, -0.05) is 18.2 Å². The first-order valence-electron chi connectivity index (χ1n) is 9.90. The van der Waals surface area contributed by atoms with Gasteiger partial charge in [-0.3, -0.25) is 4.68 Å². The van der Waals surface area contributed by atoms with Crippen molar-refractivity contribution in [2.75, 3.05) is 0 Å². The SMILES string of the molecule is N#CCC(c1cc2ccccc2o1)n1cc(-c2ccnc3[nH]ccc23)cn1.O=C(O)C(F)(F)F. The average molecular weight is 467 g/mol. The first-order valence-corrected chi connectivity index (χ1v) is 9.90. The number of alkyl halides is 3. The molecule has 5 aromatic rings. The quantitative estimate of drug-likeness (QED) is 0.370. The summed E-state index contributed by atoms with van der Waals surface area (Å²) in [6.07, 6.45) is 2.61. The first-order chi connectivity index (χ1) is 16.3. The van der Waals surface area contributed by atoms with Gasteiger partial charge in [0, 0.05) is 34.9 Å². The molecule has 34 heavy (non-hydrogen) atoms. The molecule has 4 heterocycles. The molecule has 0 aliphatic carbocycles. The van der Waals surface area contributed by atoms with E-state index in [1.165, 1.54) is 0 Å². The lowest BCUT2D eigenvalue weighted by Gasteiger charge is -2.11. The third kappa shape index (κ3) is 4.61. The van der Waals surface area contributed by atoms with Gasteiger partial charge in [0.15, 0.2) is 0 Å². The summed E-state index contributed by atoms with van der Waals surface area (Å²) in [6.45, 7) is 0. The van der Waals surface area contributed by atoms with E-state index in [4.69, 9.17) is 14.3 Å². The Labute approximate surface area is 189 Å². The van der Waals surface area contributed by atoms with Crippen LogP contribution in [0.2, 0.25) is 0 Å². The van der Waals surface area contributed by atoms with Crippen molar-refractivity contribution in [3.05, 3.63) is 73.0 Å². The van der Waals surface area contributed by atoms with Crippen molar-refractivity contribution >= 4 is 28.0 Å². The van der Waals surface area contributed by atoms with Gasteiger partial charge in [-0.05, 0) is 29.8 Å². The van der Waals surface area contributed by atoms with Crippen molar-refractivity contribution in [2.24, 2.45) is 0 Å². The number of aromatic nitrogens is 4. The van der Waals surface area contributed by atoms with Crippen molar-refractivity contribution in [1.82, 2.24) is 19.7 Å². The Kier molecular flexibility index (Phi) is 6.05. The van der Waals surface area contributed by atoms with Crippen LogP contribution < -0.4 is 0 Å². The van der Waals surface area contributed by atoms with Crippen molar-refractivity contribution in [3.63, 3.8) is 0 Å². The zero-order chi connectivity index (χ0) is 24.3. The third-order valence-corrected chi connectivity index (χ3v) is 4.99. The van der Waals surface area contributed by atoms with Crippen LogP contribution in [0.15, 0.2) is 71.7 Å². The molecule has 172 valence electrons. The molecular formula is C23H16F3N5O3. The Morgan fingerprint density at radius 2 is 2.03 bits per heavy atom. The molecule has 0 spiro atoms. The van der Waals surface area contributed by atoms with Crippen molar-refractivity contribution in [3.8, 4) is 17.2 Å². The Balaban J connectivity index is 0.000000344. The number of nitrogens with one attached hydrogen (secondary N) is 1. The highest BCUT2D eigenvalue weighted by molar-refractivity contribution is 5.92. The number of carboxylic acids is 1. The summed E-state index contributed by atoms with van der Waals surface area (Å²) in [5, 5.41) is 23.0. The zero-order valence-electron chi connectivity index (χ0n) is 17.3. The van der Waals surface area contributed by atoms with Gasteiger partial charge in [0.05, 0.1) is 18.7 Å². The fraction of sp³-hybridized carbons (Fsp3) is 0.130. The van der Waals surface area contributed by atoms with Crippen LogP contribution in [0, 0.1) is 11.3 Å². The predicted octanol–water partition coefficient (Wildman–Crippen LogP) is 5.31. The molecule has 1 atom stereocenters. The number of nitrogens with zero attached hydrogens (tertiary/aromatic N) is 4. The molecule has 2 N–H and O–H groups in total. The number of para-hydroxylation sites is 1. The molecule has 1 unspecified atom stereocenters. The lowest BCUT2D eigenvalue weighted by Crippen LogP contribution is -2.21. The molecule has 0 fully saturated rings. The monoisotopic (exact) mass is 467 g/mol. The minimum Gasteiger partial charge on any atom is -0.475 e. The molecule has 0 saturated carbocycles. The summed E-state index contributed by atoms with van der Waals surface area (Å²) < 4.78 is 39.5. The standard InChI is InChI=1S/C21H15N5O.C2HF3O2/c22-8-5-18(20-11-14-3-1-2-4-19(14)27-20)26-13-15(12-25-26)16-6-9-23-21-17(16)7-10-24-21;3-2(4,5)1(6)7/h1-4,6-7,9-13,18H,5H2,(H,23,24);(H,6,7). The fourth-order valence-corrected chi connectivity index (χ4v) is 3.44. The van der Waals surface area contributed by atoms with Crippen LogP contribution in [0.4, 0.5) is 13.2 Å². The van der Waals surface area contributed by atoms with Gasteiger partial charge in [-0.15, -0.1) is 0 Å². The number of pyridine rings is 1. The van der Waals surface area contributed by atoms with Crippen LogP contribution in [-0.2, 0) is 4.79 Å². The summed E-state index contributed by atoms with van der Waals surface area (Å²) in [6, 6.07) is 15.8. The number of hydrogen-bond donors (Lipinski definition) is 2. The topological polar surface area (TPSA) is 121 Å². The van der Waals surface area contributed by atoms with E-state index in [2.05, 4.69) is 21.1 Å². The van der Waals surface area contributed by atoms with Gasteiger partial charge in [-0.2, -0.15) is 23.5 Å². The normalized spacial score (nSPS) is 12.2. The molecule has 0 bridgehead atoms. The van der Waals surface area contributed by atoms with Gasteiger partial charge >= 0.3 is 12.1 Å². The molecule has 0 radical (unpaired) electrons. The smallest absolute Gasteiger partial charge is 0.475 e. The van der Waals surface area contributed by atoms with Crippen molar-refractivity contribution < 1.29 is 27.5 Å². The van der Waals surface area contributed by atoms with Crippen molar-refractivity contribution in [1.29, 1.82) is 5.26 Å². The largest absolute Gasteiger partial charge is 0.490 e. The van der Waals surface area contributed by atoms with Gasteiger partial charge in [0.2, 0.25) is 0 Å². The highest BCUT2D eigenvalue weighted by Gasteiger charge is 2.38. The van der Waals surface area contributed by atoms with E-state index in [0.29, 0.717) is 0 Å². The number of furan rings is 1. The predicted molar refractivity (Wildman–Crippen MR) is 116 cm³/mol. The number of nitriles is 1. The lowest BCUT2D eigenvalue weighted by atomic mass is 10.1. The highest BCUT2D eigenvalue weighted by Crippen LogP contribution is 2.31. The van der Waals surface area contributed by atoms with Gasteiger partial charge in [0.1, 0.15) is 23.0 Å². The number of fused-ring (bicyclic) bond motifs is 2. The zero-order valence-corrected chi connectivity index (χ0v) is 17.3. The second kappa shape index (κ2) is 9.11. The van der Waals surface area contributed by atoms with Gasteiger partial charge in [0.25, 0.3) is 0 Å². The van der Waals surface area contributed by atoms with E-state index < -0.39 is 12.1 Å². The molecule has 0 amide bonds. The van der Waals surface area contributed by atoms with E-state index in [-0.39, 0.29) is 12.5 Å². The number of carboxylic acid groups (broad SMARTS) is 1. The first kappa shape index (κ1) is 22.6. The summed E-state index contributed by atoms with van der Waals surface area (Å²) in [4.78, 5) is 16.3. The Morgan fingerprint density at radius 1 is 1.26 bits per heavy atom. The molecule has 5 rings (SSSR count). The number of hydrogen-bond acceptors (Lipinski definition) is 5. The summed E-state index contributed by atoms with van der Waals surface area (Å²) in [5.41, 5.74) is 3.67. The van der Waals surface area contributed by atoms with Crippen molar-refractivity contribution in [2.45, 2.75) is 18.6 Å². The molecule has 0 aliphatic rings. The molecule has 1 aromatic carbocycles. The Morgan fingerprint density at radius 3 is 2.74 bits per heavy atom. The van der Waals surface area contributed by atoms with Crippen LogP contribution in [0.1, 0.15) is 18.2 Å². The second-order valence-corrected chi connectivity index (χ2v) is 7.18. The summed E-state index contributed by atoms with van der Waals surface area (Å²) in [7, 11) is 0. The third-order valence-electron chi connectivity index (χ3n) is 4.99. The average Bonchev–Trinajstić information content (AvgIpc) is 3.56. The van der Waals surface area contributed by atoms with E-state index >= 15 is 0 Å². The van der Waals surface area contributed by atoms with Crippen LogP contribution >= 0.6 is 0 Å². The summed E-state index contributed by atoms with van der Waals surface area (Å²) >= 11 is 0. The fourth-order valence-electron chi connectivity index (χ4n) is 3.44. The molecule has 0 aliphatic heterocycles. The van der Waals surface area contributed by atoms with E-state index in [9.17, 15) is 18.4 Å². The van der Waals surface area contributed by atoms with E-state index in [1.54, 1.807) is 10.9 Å². The number of halogens is 3. The molecule has 8 nitrogen and oxygen atoms in total. The second-order valence-electron chi connectivity index (χ2n) is 7.18. The van der Waals surface area contributed by atoms with E-state index in [0.717, 1.165) is 38.9 Å². The maximum Gasteiger partial charge on any atom is 0.490 e. The van der Waals surface area contributed by atoms with Crippen LogP contribution in [0.5, 0.6) is 0 Å². The lowest BCUT2D eigenvalue weighted by molar-refractivity contribution is -0.192. The molecular weight excluding hydrogens is 451 g/mol. The Bertz CT molecular complexity index is 1460. The van der Waals surface area contributed by atoms with Gasteiger partial charge < -0.3 is 14.5 Å². The highest BCUT2D eigenvalue weighted by atomic mass is 19.4. The number of carbonyl (C=O) groups is 1. The Hall–Kier alpha value is -4.59. The minimum atomic E-state index is -5.08. The maximum atomic E-state index is 10.6. The maximum absolute atomic E-state index is 10.6. The number of H-pyrrole nitrogens is 1. The summed E-state index contributed by atoms with van der Waals surface area (Å²) in [5.74, 6) is -2.03. The molecule has 0 saturated heterocycles. The number of benzene rings is 1.